The number of ether oxygens (including phenoxy) is 1. The summed E-state index contributed by atoms with van der Waals surface area (Å²) >= 11 is 7.74. The molecule has 0 atom stereocenters. The molecule has 2 aromatic rings. The molecule has 0 amide bonds. The van der Waals surface area contributed by atoms with Crippen LogP contribution in [-0.2, 0) is 6.61 Å². The average Bonchev–Trinajstić information content (AvgIpc) is 2.42. The van der Waals surface area contributed by atoms with Crippen molar-refractivity contribution in [1.29, 1.82) is 0 Å². The minimum atomic E-state index is 0.00715. The number of rotatable bonds is 4. The predicted octanol–water partition coefficient (Wildman–Crippen LogP) is 3.99. The normalized spacial score (nSPS) is 10.4. The number of benzene rings is 2. The molecular weight excluding hydrogens is 268 g/mol. The zero-order chi connectivity index (χ0) is 13.0. The third-order valence-electron chi connectivity index (χ3n) is 2.47. The van der Waals surface area contributed by atoms with Gasteiger partial charge in [0.05, 0.1) is 18.7 Å². The van der Waals surface area contributed by atoms with Crippen LogP contribution in [0.3, 0.4) is 0 Å². The van der Waals surface area contributed by atoms with Crippen LogP contribution in [0.5, 0.6) is 5.75 Å². The Morgan fingerprint density at radius 2 is 1.89 bits per heavy atom. The molecule has 0 aliphatic rings. The minimum absolute atomic E-state index is 0.00715. The first kappa shape index (κ1) is 13.3. The monoisotopic (exact) mass is 280 g/mol. The van der Waals surface area contributed by atoms with Crippen LogP contribution in [0, 0.1) is 0 Å². The van der Waals surface area contributed by atoms with Gasteiger partial charge >= 0.3 is 0 Å². The molecule has 18 heavy (non-hydrogen) atoms. The summed E-state index contributed by atoms with van der Waals surface area (Å²) in [4.78, 5) is 2.06. The van der Waals surface area contributed by atoms with E-state index in [4.69, 9.17) is 21.4 Å². The van der Waals surface area contributed by atoms with Crippen molar-refractivity contribution in [3.05, 3.63) is 53.1 Å². The molecule has 2 aromatic carbocycles. The van der Waals surface area contributed by atoms with E-state index in [1.54, 1.807) is 24.9 Å². The summed E-state index contributed by atoms with van der Waals surface area (Å²) < 4.78 is 5.11. The van der Waals surface area contributed by atoms with Crippen LogP contribution in [-0.4, -0.2) is 12.2 Å². The number of aliphatic hydroxyl groups is 1. The Labute approximate surface area is 116 Å². The highest BCUT2D eigenvalue weighted by Gasteiger charge is 2.04. The van der Waals surface area contributed by atoms with E-state index >= 15 is 0 Å². The van der Waals surface area contributed by atoms with Gasteiger partial charge in [0.2, 0.25) is 0 Å². The Hall–Kier alpha value is -1.16. The Kier molecular flexibility index (Phi) is 4.53. The third kappa shape index (κ3) is 3.19. The summed E-state index contributed by atoms with van der Waals surface area (Å²) in [5.41, 5.74) is 0.819. The van der Waals surface area contributed by atoms with E-state index in [9.17, 15) is 0 Å². The maximum atomic E-state index is 9.02. The second-order valence-corrected chi connectivity index (χ2v) is 5.22. The molecule has 2 nitrogen and oxygen atoms in total. The van der Waals surface area contributed by atoms with Gasteiger partial charge in [-0.25, -0.2) is 0 Å². The smallest absolute Gasteiger partial charge is 0.118 e. The Morgan fingerprint density at radius 3 is 2.44 bits per heavy atom. The maximum Gasteiger partial charge on any atom is 0.118 e. The van der Waals surface area contributed by atoms with E-state index in [0.717, 1.165) is 21.1 Å². The number of methoxy groups -OCH3 is 1. The summed E-state index contributed by atoms with van der Waals surface area (Å²) in [7, 11) is 1.65. The van der Waals surface area contributed by atoms with Gasteiger partial charge in [-0.1, -0.05) is 29.4 Å². The fourth-order valence-electron chi connectivity index (χ4n) is 1.50. The first-order chi connectivity index (χ1) is 8.72. The number of aliphatic hydroxyl groups excluding tert-OH is 1. The predicted molar refractivity (Wildman–Crippen MR) is 74.5 cm³/mol. The largest absolute Gasteiger partial charge is 0.497 e. The Morgan fingerprint density at radius 1 is 1.17 bits per heavy atom. The summed E-state index contributed by atoms with van der Waals surface area (Å²) in [6, 6.07) is 13.4. The summed E-state index contributed by atoms with van der Waals surface area (Å²) in [5.74, 6) is 0.834. The van der Waals surface area contributed by atoms with Crippen LogP contribution in [0.25, 0.3) is 0 Å². The highest BCUT2D eigenvalue weighted by atomic mass is 35.5. The fourth-order valence-corrected chi connectivity index (χ4v) is 2.63. The summed E-state index contributed by atoms with van der Waals surface area (Å²) in [5, 5.41) is 9.68. The third-order valence-corrected chi connectivity index (χ3v) is 3.97. The highest BCUT2D eigenvalue weighted by molar-refractivity contribution is 7.99. The maximum absolute atomic E-state index is 9.02. The van der Waals surface area contributed by atoms with E-state index in [2.05, 4.69) is 0 Å². The molecule has 0 saturated carbocycles. The van der Waals surface area contributed by atoms with Gasteiger partial charge in [-0.05, 0) is 42.0 Å². The molecular formula is C14H13ClO2S. The van der Waals surface area contributed by atoms with Crippen molar-refractivity contribution in [2.24, 2.45) is 0 Å². The van der Waals surface area contributed by atoms with Crippen LogP contribution in [0.15, 0.2) is 52.3 Å². The van der Waals surface area contributed by atoms with Crippen molar-refractivity contribution in [3.8, 4) is 5.75 Å². The lowest BCUT2D eigenvalue weighted by atomic mass is 10.2. The van der Waals surface area contributed by atoms with Gasteiger partial charge in [0, 0.05) is 9.79 Å². The lowest BCUT2D eigenvalue weighted by Crippen LogP contribution is -1.84. The standard InChI is InChI=1S/C14H13ClO2S/c1-17-11-3-5-12(6-4-11)18-14-7-2-10(9-16)8-13(14)15/h2-8,16H,9H2,1H3. The number of hydrogen-bond acceptors (Lipinski definition) is 3. The quantitative estimate of drug-likeness (QED) is 0.918. The Bertz CT molecular complexity index is 526. The van der Waals surface area contributed by atoms with Gasteiger partial charge in [-0.2, -0.15) is 0 Å². The molecule has 2 rings (SSSR count). The fraction of sp³-hybridized carbons (Fsp3) is 0.143. The van der Waals surface area contributed by atoms with Gasteiger partial charge in [0.1, 0.15) is 5.75 Å². The number of hydrogen-bond donors (Lipinski definition) is 1. The molecule has 0 radical (unpaired) electrons. The highest BCUT2D eigenvalue weighted by Crippen LogP contribution is 2.34. The lowest BCUT2D eigenvalue weighted by molar-refractivity contribution is 0.282. The van der Waals surface area contributed by atoms with E-state index in [1.807, 2.05) is 36.4 Å². The van der Waals surface area contributed by atoms with E-state index in [-0.39, 0.29) is 6.61 Å². The first-order valence-corrected chi connectivity index (χ1v) is 6.63. The van der Waals surface area contributed by atoms with Gasteiger partial charge in [0.25, 0.3) is 0 Å². The van der Waals surface area contributed by atoms with Gasteiger partial charge < -0.3 is 9.84 Å². The molecule has 0 saturated heterocycles. The second kappa shape index (κ2) is 6.14. The molecule has 4 heteroatoms. The molecule has 0 fully saturated rings. The van der Waals surface area contributed by atoms with E-state index in [1.165, 1.54) is 0 Å². The van der Waals surface area contributed by atoms with Crippen molar-refractivity contribution in [3.63, 3.8) is 0 Å². The first-order valence-electron chi connectivity index (χ1n) is 5.44. The van der Waals surface area contributed by atoms with Crippen molar-refractivity contribution in [2.75, 3.05) is 7.11 Å². The zero-order valence-electron chi connectivity index (χ0n) is 9.89. The molecule has 0 aliphatic carbocycles. The molecule has 0 bridgehead atoms. The molecule has 0 heterocycles. The van der Waals surface area contributed by atoms with Crippen molar-refractivity contribution >= 4 is 23.4 Å². The molecule has 0 spiro atoms. The average molecular weight is 281 g/mol. The van der Waals surface area contributed by atoms with Gasteiger partial charge in [0.15, 0.2) is 0 Å². The lowest BCUT2D eigenvalue weighted by Gasteiger charge is -2.06. The van der Waals surface area contributed by atoms with Crippen LogP contribution >= 0.6 is 23.4 Å². The van der Waals surface area contributed by atoms with Crippen LogP contribution in [0.2, 0.25) is 5.02 Å². The van der Waals surface area contributed by atoms with Crippen LogP contribution in [0.1, 0.15) is 5.56 Å². The zero-order valence-corrected chi connectivity index (χ0v) is 11.5. The second-order valence-electron chi connectivity index (χ2n) is 3.70. The van der Waals surface area contributed by atoms with Crippen molar-refractivity contribution < 1.29 is 9.84 Å². The van der Waals surface area contributed by atoms with E-state index < -0.39 is 0 Å². The van der Waals surface area contributed by atoms with Gasteiger partial charge in [-0.15, -0.1) is 0 Å². The number of halogens is 1. The minimum Gasteiger partial charge on any atom is -0.497 e. The summed E-state index contributed by atoms with van der Waals surface area (Å²) in [6.45, 7) is 0.00715. The van der Waals surface area contributed by atoms with Crippen molar-refractivity contribution in [2.45, 2.75) is 16.4 Å². The van der Waals surface area contributed by atoms with Crippen LogP contribution < -0.4 is 4.74 Å². The topological polar surface area (TPSA) is 29.5 Å². The van der Waals surface area contributed by atoms with Gasteiger partial charge in [-0.3, -0.25) is 0 Å². The molecule has 0 aromatic heterocycles. The van der Waals surface area contributed by atoms with Crippen molar-refractivity contribution in [1.82, 2.24) is 0 Å². The molecule has 0 unspecified atom stereocenters. The van der Waals surface area contributed by atoms with Crippen LogP contribution in [0.4, 0.5) is 0 Å². The van der Waals surface area contributed by atoms with E-state index in [0.29, 0.717) is 5.02 Å². The summed E-state index contributed by atoms with van der Waals surface area (Å²) in [6.07, 6.45) is 0. The Balaban J connectivity index is 2.17. The molecule has 0 aliphatic heterocycles. The molecule has 1 N–H and O–H groups in total. The molecule has 94 valence electrons. The SMILES string of the molecule is COc1ccc(Sc2ccc(CO)cc2Cl)cc1.